The third-order valence-corrected chi connectivity index (χ3v) is 9.19. The number of non-ortho nitro benzene ring substituents is 1. The minimum absolute atomic E-state index is 0.0714. The second-order valence-corrected chi connectivity index (χ2v) is 12.9. The van der Waals surface area contributed by atoms with Crippen molar-refractivity contribution in [2.45, 2.75) is 24.9 Å². The topological polar surface area (TPSA) is 156 Å². The number of aryl methyl sites for hydroxylation is 1. The Labute approximate surface area is 277 Å². The summed E-state index contributed by atoms with van der Waals surface area (Å²) in [4.78, 5) is 29.4. The Bertz CT molecular complexity index is 1830. The second kappa shape index (κ2) is 15.5. The number of halogens is 1. The van der Waals surface area contributed by atoms with Crippen LogP contribution in [0.25, 0.3) is 0 Å². The number of aromatic nitrogens is 2. The number of nitro groups is 1. The van der Waals surface area contributed by atoms with E-state index >= 15 is 4.39 Å². The first-order chi connectivity index (χ1) is 23.2. The third-order valence-electron chi connectivity index (χ3n) is 7.81. The number of hydrogen-bond donors (Lipinski definition) is 3. The van der Waals surface area contributed by atoms with Gasteiger partial charge in [0.25, 0.3) is 11.8 Å². The highest BCUT2D eigenvalue weighted by atomic mass is 32.2. The predicted octanol–water partition coefficient (Wildman–Crippen LogP) is 5.62. The molecular formula is C35H34FN5O6S. The van der Waals surface area contributed by atoms with E-state index in [0.29, 0.717) is 29.8 Å². The molecule has 0 fully saturated rings. The fourth-order valence-electron chi connectivity index (χ4n) is 5.61. The number of alkyl carbamates (subject to hydrolysis) is 1. The predicted molar refractivity (Wildman–Crippen MR) is 178 cm³/mol. The van der Waals surface area contributed by atoms with Crippen LogP contribution in [0.5, 0.6) is 0 Å². The van der Waals surface area contributed by atoms with E-state index in [4.69, 9.17) is 4.74 Å². The monoisotopic (exact) mass is 671 g/mol. The van der Waals surface area contributed by atoms with Gasteiger partial charge in [0.05, 0.1) is 21.8 Å². The van der Waals surface area contributed by atoms with Crippen molar-refractivity contribution in [1.29, 1.82) is 0 Å². The van der Waals surface area contributed by atoms with E-state index in [-0.39, 0.29) is 31.1 Å². The number of nitrogens with zero attached hydrogens (tertiary/aromatic N) is 2. The fourth-order valence-corrected chi connectivity index (χ4v) is 6.58. The lowest BCUT2D eigenvalue weighted by atomic mass is 9.66. The van der Waals surface area contributed by atoms with Crippen LogP contribution in [0.3, 0.4) is 0 Å². The second-order valence-electron chi connectivity index (χ2n) is 10.9. The molecule has 0 unspecified atom stereocenters. The van der Waals surface area contributed by atoms with Crippen molar-refractivity contribution >= 4 is 21.8 Å². The van der Waals surface area contributed by atoms with Crippen molar-refractivity contribution in [3.05, 3.63) is 165 Å². The molecule has 5 aromatic rings. The number of carbonyl (C=O) groups excluding carboxylic acids is 1. The van der Waals surface area contributed by atoms with E-state index in [2.05, 4.69) is 20.0 Å². The van der Waals surface area contributed by atoms with Crippen LogP contribution in [-0.4, -0.2) is 48.2 Å². The molecule has 0 radical (unpaired) electrons. The molecule has 248 valence electrons. The highest BCUT2D eigenvalue weighted by molar-refractivity contribution is 7.89. The Kier molecular flexibility index (Phi) is 10.9. The molecule has 4 aromatic carbocycles. The Morgan fingerprint density at radius 1 is 0.854 bits per heavy atom. The summed E-state index contributed by atoms with van der Waals surface area (Å²) in [5.74, 6) is -0.386. The summed E-state index contributed by atoms with van der Waals surface area (Å²) in [6, 6.07) is 34.8. The summed E-state index contributed by atoms with van der Waals surface area (Å²) in [6.07, 6.45) is -0.918. The minimum atomic E-state index is -3.76. The van der Waals surface area contributed by atoms with Gasteiger partial charge < -0.3 is 15.0 Å². The van der Waals surface area contributed by atoms with E-state index in [9.17, 15) is 23.3 Å². The molecule has 1 heterocycles. The van der Waals surface area contributed by atoms with Gasteiger partial charge in [-0.15, -0.1) is 0 Å². The lowest BCUT2D eigenvalue weighted by Crippen LogP contribution is -2.35. The van der Waals surface area contributed by atoms with Crippen LogP contribution < -0.4 is 10.0 Å². The van der Waals surface area contributed by atoms with Gasteiger partial charge in [-0.2, -0.15) is 4.39 Å². The summed E-state index contributed by atoms with van der Waals surface area (Å²) in [5.41, 5.74) is 3.22. The number of amides is 1. The van der Waals surface area contributed by atoms with E-state index < -0.39 is 32.5 Å². The number of sulfonamides is 1. The standard InChI is InChI=1S/C35H34FN5O6S/c36-33-39-31(17-10-22-38-48(45,46)24-23-37-34(42)47-25-26-18-20-30(21-19-26)41(43)44)32(40-33)35(27-11-4-1-5-12-27,28-13-6-2-7-14-28)29-15-8-3-9-16-29/h1-9,11-16,18-21,38H,10,17,22-25H2,(H,37,42)(H,39,40). The number of H-pyrrole nitrogens is 1. The summed E-state index contributed by atoms with van der Waals surface area (Å²) in [6.45, 7) is -0.259. The summed E-state index contributed by atoms with van der Waals surface area (Å²) in [5, 5.41) is 13.1. The highest BCUT2D eigenvalue weighted by Crippen LogP contribution is 2.45. The molecule has 0 aliphatic heterocycles. The molecule has 48 heavy (non-hydrogen) atoms. The molecule has 5 rings (SSSR count). The van der Waals surface area contributed by atoms with Gasteiger partial charge >= 0.3 is 6.09 Å². The van der Waals surface area contributed by atoms with Crippen molar-refractivity contribution in [3.8, 4) is 0 Å². The summed E-state index contributed by atoms with van der Waals surface area (Å²) in [7, 11) is -3.76. The Morgan fingerprint density at radius 3 is 1.92 bits per heavy atom. The average Bonchev–Trinajstić information content (AvgIpc) is 3.47. The van der Waals surface area contributed by atoms with Crippen LogP contribution in [-0.2, 0) is 33.2 Å². The first-order valence-corrected chi connectivity index (χ1v) is 16.9. The largest absolute Gasteiger partial charge is 0.445 e. The molecule has 0 saturated heterocycles. The zero-order valence-electron chi connectivity index (χ0n) is 25.8. The van der Waals surface area contributed by atoms with Gasteiger partial charge in [0.1, 0.15) is 6.61 Å². The van der Waals surface area contributed by atoms with Crippen LogP contribution >= 0.6 is 0 Å². The first kappa shape index (κ1) is 33.9. The summed E-state index contributed by atoms with van der Waals surface area (Å²) >= 11 is 0. The lowest BCUT2D eigenvalue weighted by Gasteiger charge is -2.35. The normalized spacial score (nSPS) is 11.6. The van der Waals surface area contributed by atoms with Crippen LogP contribution in [0.2, 0.25) is 0 Å². The third kappa shape index (κ3) is 8.11. The maximum Gasteiger partial charge on any atom is 0.407 e. The number of hydrogen-bond acceptors (Lipinski definition) is 7. The molecule has 0 aliphatic carbocycles. The average molecular weight is 672 g/mol. The number of ether oxygens (including phenoxy) is 1. The Balaban J connectivity index is 1.22. The molecule has 13 heteroatoms. The molecule has 3 N–H and O–H groups in total. The smallest absolute Gasteiger partial charge is 0.407 e. The van der Waals surface area contributed by atoms with Crippen LogP contribution in [0, 0.1) is 16.2 Å². The van der Waals surface area contributed by atoms with Crippen molar-refractivity contribution in [2.75, 3.05) is 18.8 Å². The first-order valence-electron chi connectivity index (χ1n) is 15.2. The van der Waals surface area contributed by atoms with Gasteiger partial charge in [-0.3, -0.25) is 10.1 Å². The highest BCUT2D eigenvalue weighted by Gasteiger charge is 2.42. The maximum absolute atomic E-state index is 15.0. The van der Waals surface area contributed by atoms with Crippen molar-refractivity contribution in [3.63, 3.8) is 0 Å². The molecule has 1 amide bonds. The molecule has 0 spiro atoms. The Hall–Kier alpha value is -5.40. The molecular weight excluding hydrogens is 637 g/mol. The van der Waals surface area contributed by atoms with Crippen molar-refractivity contribution in [1.82, 2.24) is 20.0 Å². The fraction of sp³-hybridized carbons (Fsp3) is 0.200. The molecule has 0 aliphatic rings. The lowest BCUT2D eigenvalue weighted by molar-refractivity contribution is -0.384. The Morgan fingerprint density at radius 2 is 1.40 bits per heavy atom. The molecule has 0 bridgehead atoms. The van der Waals surface area contributed by atoms with Gasteiger partial charge in [-0.25, -0.2) is 22.9 Å². The molecule has 1 aromatic heterocycles. The maximum atomic E-state index is 15.0. The number of rotatable bonds is 15. The SMILES string of the molecule is O=C(NCCS(=O)(=O)NCCCc1[nH]c(F)nc1C(c1ccccc1)(c1ccccc1)c1ccccc1)OCc1ccc([N+](=O)[O-])cc1. The zero-order chi connectivity index (χ0) is 34.0. The van der Waals surface area contributed by atoms with Crippen molar-refractivity contribution in [2.24, 2.45) is 0 Å². The van der Waals surface area contributed by atoms with E-state index in [1.54, 1.807) is 0 Å². The quantitative estimate of drug-likeness (QED) is 0.0565. The molecule has 0 atom stereocenters. The number of nitrogens with one attached hydrogen (secondary N) is 3. The van der Waals surface area contributed by atoms with E-state index in [0.717, 1.165) is 16.7 Å². The molecule has 0 saturated carbocycles. The van der Waals surface area contributed by atoms with Crippen molar-refractivity contribution < 1.29 is 27.3 Å². The number of carbonyl (C=O) groups is 1. The number of imidazole rings is 1. The van der Waals surface area contributed by atoms with Gasteiger partial charge in [-0.1, -0.05) is 91.0 Å². The minimum Gasteiger partial charge on any atom is -0.445 e. The number of nitro benzene ring substituents is 1. The molecule has 11 nitrogen and oxygen atoms in total. The van der Waals surface area contributed by atoms with E-state index in [1.807, 2.05) is 91.0 Å². The van der Waals surface area contributed by atoms with Gasteiger partial charge in [0, 0.05) is 30.9 Å². The van der Waals surface area contributed by atoms with Gasteiger partial charge in [0.2, 0.25) is 10.0 Å². The summed E-state index contributed by atoms with van der Waals surface area (Å²) < 4.78 is 47.9. The van der Waals surface area contributed by atoms with Gasteiger partial charge in [0.15, 0.2) is 0 Å². The van der Waals surface area contributed by atoms with E-state index in [1.165, 1.54) is 24.3 Å². The van der Waals surface area contributed by atoms with Crippen LogP contribution in [0.15, 0.2) is 115 Å². The van der Waals surface area contributed by atoms with Crippen LogP contribution in [0.4, 0.5) is 14.9 Å². The number of aromatic amines is 1. The van der Waals surface area contributed by atoms with Gasteiger partial charge in [-0.05, 0) is 47.2 Å². The van der Waals surface area contributed by atoms with Crippen LogP contribution in [0.1, 0.15) is 40.1 Å². The zero-order valence-corrected chi connectivity index (χ0v) is 26.7. The number of benzene rings is 4.